The predicted molar refractivity (Wildman–Crippen MR) is 82.6 cm³/mol. The van der Waals surface area contributed by atoms with Gasteiger partial charge in [-0.25, -0.2) is 0 Å². The maximum Gasteiger partial charge on any atom is 0.123 e. The van der Waals surface area contributed by atoms with Gasteiger partial charge in [-0.2, -0.15) is 0 Å². The van der Waals surface area contributed by atoms with E-state index in [4.69, 9.17) is 0 Å². The molecule has 4 aliphatic carbocycles. The van der Waals surface area contributed by atoms with Crippen LogP contribution in [-0.4, -0.2) is 17.5 Å². The molecule has 4 aliphatic rings. The fraction of sp³-hybridized carbons (Fsp3) is 0.842. The van der Waals surface area contributed by atoms with Crippen LogP contribution in [0.25, 0.3) is 0 Å². The van der Waals surface area contributed by atoms with Gasteiger partial charge in [0.25, 0.3) is 0 Å². The fourth-order valence-corrected chi connectivity index (χ4v) is 6.25. The monoisotopic (exact) mass is 288 g/mol. The Balaban J connectivity index is 1.59. The third kappa shape index (κ3) is 2.05. The average Bonchev–Trinajstić information content (AvgIpc) is 2.79. The molecule has 2 nitrogen and oxygen atoms in total. The van der Waals surface area contributed by atoms with Gasteiger partial charge in [0.1, 0.15) is 6.29 Å². The van der Waals surface area contributed by atoms with Gasteiger partial charge in [-0.15, -0.1) is 0 Å². The lowest BCUT2D eigenvalue weighted by Crippen LogP contribution is -2.46. The van der Waals surface area contributed by atoms with Crippen molar-refractivity contribution in [3.63, 3.8) is 0 Å². The van der Waals surface area contributed by atoms with Crippen molar-refractivity contribution < 1.29 is 9.90 Å². The Hall–Kier alpha value is -0.630. The third-order valence-electron chi connectivity index (χ3n) is 7.58. The zero-order chi connectivity index (χ0) is 14.6. The van der Waals surface area contributed by atoms with Crippen LogP contribution >= 0.6 is 0 Å². The lowest BCUT2D eigenvalue weighted by atomic mass is 9.53. The Labute approximate surface area is 128 Å². The highest BCUT2D eigenvalue weighted by molar-refractivity contribution is 5.54. The van der Waals surface area contributed by atoms with Crippen molar-refractivity contribution in [3.05, 3.63) is 11.6 Å². The molecule has 0 amide bonds. The van der Waals surface area contributed by atoms with E-state index in [-0.39, 0.29) is 17.4 Å². The van der Waals surface area contributed by atoms with Crippen molar-refractivity contribution in [2.75, 3.05) is 0 Å². The van der Waals surface area contributed by atoms with E-state index in [0.717, 1.165) is 31.1 Å². The van der Waals surface area contributed by atoms with Crippen molar-refractivity contribution >= 4 is 6.29 Å². The highest BCUT2D eigenvalue weighted by atomic mass is 16.3. The number of fused-ring (bicyclic) bond motifs is 4. The average molecular weight is 288 g/mol. The molecule has 0 saturated heterocycles. The van der Waals surface area contributed by atoms with Gasteiger partial charge >= 0.3 is 0 Å². The second kappa shape index (κ2) is 4.94. The van der Waals surface area contributed by atoms with E-state index < -0.39 is 0 Å². The summed E-state index contributed by atoms with van der Waals surface area (Å²) < 4.78 is 0. The Morgan fingerprint density at radius 1 is 1.29 bits per heavy atom. The molecule has 0 heterocycles. The molecule has 0 aliphatic heterocycles. The summed E-state index contributed by atoms with van der Waals surface area (Å²) >= 11 is 0. The molecule has 3 fully saturated rings. The highest BCUT2D eigenvalue weighted by Crippen LogP contribution is 2.60. The van der Waals surface area contributed by atoms with Crippen molar-refractivity contribution in [3.8, 4) is 0 Å². The number of carbonyl (C=O) groups is 1. The first-order valence-corrected chi connectivity index (χ1v) is 8.94. The van der Waals surface area contributed by atoms with Crippen molar-refractivity contribution in [2.24, 2.45) is 35.0 Å². The molecule has 0 aromatic carbocycles. The van der Waals surface area contributed by atoms with Crippen molar-refractivity contribution in [1.82, 2.24) is 0 Å². The van der Waals surface area contributed by atoms with Gasteiger partial charge in [-0.1, -0.05) is 18.6 Å². The Bertz CT molecular complexity index is 468. The highest BCUT2D eigenvalue weighted by Gasteiger charge is 2.54. The molecule has 1 N–H and O–H groups in total. The Morgan fingerprint density at radius 2 is 2.14 bits per heavy atom. The van der Waals surface area contributed by atoms with Gasteiger partial charge in [0.05, 0.1) is 6.10 Å². The molecule has 3 saturated carbocycles. The first kappa shape index (κ1) is 14.0. The molecule has 116 valence electrons. The summed E-state index contributed by atoms with van der Waals surface area (Å²) in [5.74, 6) is 3.22. The van der Waals surface area contributed by atoms with Crippen molar-refractivity contribution in [1.29, 1.82) is 0 Å². The van der Waals surface area contributed by atoms with Gasteiger partial charge in [0.15, 0.2) is 0 Å². The maximum atomic E-state index is 11.2. The van der Waals surface area contributed by atoms with E-state index in [1.165, 1.54) is 38.4 Å². The van der Waals surface area contributed by atoms with Crippen LogP contribution in [0.2, 0.25) is 0 Å². The molecule has 0 bridgehead atoms. The summed E-state index contributed by atoms with van der Waals surface area (Å²) in [6.45, 7) is 2.34. The number of hydrogen-bond donors (Lipinski definition) is 1. The minimum atomic E-state index is -0.0746. The van der Waals surface area contributed by atoms with E-state index in [2.05, 4.69) is 13.0 Å². The number of carbonyl (C=O) groups excluding carboxylic acids is 1. The van der Waals surface area contributed by atoms with E-state index in [1.807, 2.05) is 0 Å². The zero-order valence-electron chi connectivity index (χ0n) is 13.1. The maximum absolute atomic E-state index is 11.2. The minimum Gasteiger partial charge on any atom is -0.393 e. The Morgan fingerprint density at radius 3 is 2.95 bits per heavy atom. The fourth-order valence-electron chi connectivity index (χ4n) is 6.25. The molecule has 0 aromatic rings. The summed E-state index contributed by atoms with van der Waals surface area (Å²) in [6.07, 6.45) is 12.9. The summed E-state index contributed by atoms with van der Waals surface area (Å²) in [5.41, 5.74) is 1.85. The topological polar surface area (TPSA) is 37.3 Å². The van der Waals surface area contributed by atoms with Gasteiger partial charge < -0.3 is 9.90 Å². The van der Waals surface area contributed by atoms with Crippen LogP contribution in [0.1, 0.15) is 58.3 Å². The lowest BCUT2D eigenvalue weighted by molar-refractivity contribution is -0.112. The van der Waals surface area contributed by atoms with E-state index >= 15 is 0 Å². The molecule has 4 rings (SSSR count). The van der Waals surface area contributed by atoms with Crippen LogP contribution in [0.3, 0.4) is 0 Å². The van der Waals surface area contributed by atoms with Crippen LogP contribution < -0.4 is 0 Å². The summed E-state index contributed by atoms with van der Waals surface area (Å²) in [6, 6.07) is 0. The standard InChI is InChI=1S/C19H28O2/c1-19-10-14-5-4-13-3-2-12(11-20)8-16(13)17(14)9-15(19)6-7-18(19)21/h3,11-12,14-18,21H,2,4-10H2,1H3/t12?,14-,15?,16-,17-,18+,19+/m0/s1. The van der Waals surface area contributed by atoms with E-state index in [0.29, 0.717) is 11.8 Å². The normalized spacial score (nSPS) is 52.4. The number of aldehydes is 1. The number of aliphatic hydroxyl groups excluding tert-OH is 1. The molecule has 2 unspecified atom stereocenters. The molecule has 21 heavy (non-hydrogen) atoms. The van der Waals surface area contributed by atoms with Crippen LogP contribution in [0, 0.1) is 35.0 Å². The number of allylic oxidation sites excluding steroid dienone is 2. The number of hydrogen-bond acceptors (Lipinski definition) is 2. The minimum absolute atomic E-state index is 0.0746. The molecule has 0 radical (unpaired) electrons. The third-order valence-corrected chi connectivity index (χ3v) is 7.58. The molecule has 2 heteroatoms. The van der Waals surface area contributed by atoms with Crippen molar-refractivity contribution in [2.45, 2.75) is 64.4 Å². The van der Waals surface area contributed by atoms with Gasteiger partial charge in [-0.05, 0) is 80.5 Å². The molecule has 0 aromatic heterocycles. The first-order valence-electron chi connectivity index (χ1n) is 8.94. The zero-order valence-corrected chi connectivity index (χ0v) is 13.1. The molecular weight excluding hydrogens is 260 g/mol. The predicted octanol–water partition coefficient (Wildman–Crippen LogP) is 3.74. The second-order valence-corrected chi connectivity index (χ2v) is 8.45. The van der Waals surface area contributed by atoms with Gasteiger partial charge in [-0.3, -0.25) is 0 Å². The summed E-state index contributed by atoms with van der Waals surface area (Å²) in [5, 5.41) is 10.4. The first-order chi connectivity index (χ1) is 10.1. The summed E-state index contributed by atoms with van der Waals surface area (Å²) in [4.78, 5) is 11.2. The van der Waals surface area contributed by atoms with Crippen LogP contribution in [0.15, 0.2) is 11.6 Å². The Kier molecular flexibility index (Phi) is 3.29. The molecule has 7 atom stereocenters. The quantitative estimate of drug-likeness (QED) is 0.589. The molecule has 0 spiro atoms. The number of rotatable bonds is 1. The van der Waals surface area contributed by atoms with Crippen LogP contribution in [0.5, 0.6) is 0 Å². The second-order valence-electron chi connectivity index (χ2n) is 8.45. The smallest absolute Gasteiger partial charge is 0.123 e. The van der Waals surface area contributed by atoms with E-state index in [9.17, 15) is 9.90 Å². The largest absolute Gasteiger partial charge is 0.393 e. The van der Waals surface area contributed by atoms with Gasteiger partial charge in [0, 0.05) is 5.92 Å². The van der Waals surface area contributed by atoms with Crippen LogP contribution in [-0.2, 0) is 4.79 Å². The van der Waals surface area contributed by atoms with E-state index in [1.54, 1.807) is 5.57 Å². The lowest BCUT2D eigenvalue weighted by Gasteiger charge is -2.52. The SMILES string of the molecule is C[C@@]12C[C@@H]3CCC4=CCC(C=O)C[C@@H]4[C@H]3CC1CC[C@H]2O. The molecular formula is C19H28O2. The summed E-state index contributed by atoms with van der Waals surface area (Å²) in [7, 11) is 0. The van der Waals surface area contributed by atoms with Gasteiger partial charge in [0.2, 0.25) is 0 Å². The van der Waals surface area contributed by atoms with Crippen LogP contribution in [0.4, 0.5) is 0 Å². The number of aliphatic hydroxyl groups is 1.